The second-order valence-corrected chi connectivity index (χ2v) is 4.21. The standard InChI is InChI=1S/C13H12N4O2/c1-8-7-12(19-9(2)18)17(16-8)13-14-10-5-3-4-6-11(10)15-13/h3-7H,1-2H3,(H,14,15). The van der Waals surface area contributed by atoms with Gasteiger partial charge in [0, 0.05) is 13.0 Å². The molecule has 1 aromatic carbocycles. The van der Waals surface area contributed by atoms with Gasteiger partial charge in [-0.3, -0.25) is 4.79 Å². The number of hydrogen-bond donors (Lipinski definition) is 1. The molecule has 6 heteroatoms. The van der Waals surface area contributed by atoms with Crippen LogP contribution in [0.15, 0.2) is 30.3 Å². The van der Waals surface area contributed by atoms with E-state index in [1.54, 1.807) is 6.07 Å². The quantitative estimate of drug-likeness (QED) is 0.711. The molecule has 0 radical (unpaired) electrons. The van der Waals surface area contributed by atoms with E-state index in [0.717, 1.165) is 16.7 Å². The fourth-order valence-electron chi connectivity index (χ4n) is 1.89. The number of H-pyrrole nitrogens is 1. The molecule has 2 heterocycles. The SMILES string of the molecule is CC(=O)Oc1cc(C)nn1-c1nc2ccccc2[nH]1. The minimum absolute atomic E-state index is 0.351. The Balaban J connectivity index is 2.12. The normalized spacial score (nSPS) is 10.8. The minimum Gasteiger partial charge on any atom is -0.407 e. The van der Waals surface area contributed by atoms with Gasteiger partial charge in [0.2, 0.25) is 11.8 Å². The Morgan fingerprint density at radius 1 is 1.37 bits per heavy atom. The van der Waals surface area contributed by atoms with Crippen LogP contribution in [0, 0.1) is 6.92 Å². The van der Waals surface area contributed by atoms with E-state index in [0.29, 0.717) is 11.8 Å². The molecule has 0 atom stereocenters. The van der Waals surface area contributed by atoms with Crippen molar-refractivity contribution in [2.24, 2.45) is 0 Å². The predicted octanol–water partition coefficient (Wildman–Crippen LogP) is 1.98. The molecule has 0 saturated carbocycles. The van der Waals surface area contributed by atoms with Crippen molar-refractivity contribution in [1.29, 1.82) is 0 Å². The first-order chi connectivity index (χ1) is 9.13. The lowest BCUT2D eigenvalue weighted by molar-refractivity contribution is -0.132. The second kappa shape index (κ2) is 4.24. The predicted molar refractivity (Wildman–Crippen MR) is 69.3 cm³/mol. The van der Waals surface area contributed by atoms with Gasteiger partial charge in [0.15, 0.2) is 0 Å². The zero-order valence-corrected chi connectivity index (χ0v) is 10.5. The van der Waals surface area contributed by atoms with Gasteiger partial charge in [-0.2, -0.15) is 9.78 Å². The van der Waals surface area contributed by atoms with Crippen LogP contribution in [0.4, 0.5) is 0 Å². The fourth-order valence-corrected chi connectivity index (χ4v) is 1.89. The number of aromatic amines is 1. The summed E-state index contributed by atoms with van der Waals surface area (Å²) >= 11 is 0. The number of nitrogens with zero attached hydrogens (tertiary/aromatic N) is 3. The smallest absolute Gasteiger partial charge is 0.309 e. The Bertz CT molecular complexity index is 724. The summed E-state index contributed by atoms with van der Waals surface area (Å²) in [5, 5.41) is 4.27. The van der Waals surface area contributed by atoms with Crippen LogP contribution in [0.1, 0.15) is 12.6 Å². The van der Waals surface area contributed by atoms with Crippen molar-refractivity contribution < 1.29 is 9.53 Å². The van der Waals surface area contributed by atoms with E-state index in [1.165, 1.54) is 11.6 Å². The molecule has 1 N–H and O–H groups in total. The number of rotatable bonds is 2. The average molecular weight is 256 g/mol. The van der Waals surface area contributed by atoms with Crippen molar-refractivity contribution in [3.8, 4) is 11.8 Å². The van der Waals surface area contributed by atoms with Gasteiger partial charge in [0.25, 0.3) is 0 Å². The van der Waals surface area contributed by atoms with Gasteiger partial charge in [-0.1, -0.05) is 12.1 Å². The van der Waals surface area contributed by atoms with Crippen molar-refractivity contribution in [1.82, 2.24) is 19.7 Å². The first kappa shape index (κ1) is 11.5. The maximum absolute atomic E-state index is 11.1. The van der Waals surface area contributed by atoms with Crippen LogP contribution in [0.3, 0.4) is 0 Å². The van der Waals surface area contributed by atoms with E-state index in [4.69, 9.17) is 4.74 Å². The summed E-state index contributed by atoms with van der Waals surface area (Å²) in [5.41, 5.74) is 2.48. The molecule has 96 valence electrons. The summed E-state index contributed by atoms with van der Waals surface area (Å²) < 4.78 is 6.60. The van der Waals surface area contributed by atoms with Crippen molar-refractivity contribution in [2.75, 3.05) is 0 Å². The number of carbonyl (C=O) groups is 1. The fraction of sp³-hybridized carbons (Fsp3) is 0.154. The van der Waals surface area contributed by atoms with Crippen molar-refractivity contribution in [3.05, 3.63) is 36.0 Å². The molecule has 6 nitrogen and oxygen atoms in total. The topological polar surface area (TPSA) is 72.8 Å². The number of aryl methyl sites for hydroxylation is 1. The van der Waals surface area contributed by atoms with E-state index < -0.39 is 5.97 Å². The third-order valence-electron chi connectivity index (χ3n) is 2.62. The molecule has 0 bridgehead atoms. The number of ether oxygens (including phenoxy) is 1. The van der Waals surface area contributed by atoms with Gasteiger partial charge in [-0.05, 0) is 19.1 Å². The van der Waals surface area contributed by atoms with Crippen LogP contribution in [0.25, 0.3) is 17.0 Å². The summed E-state index contributed by atoms with van der Waals surface area (Å²) in [4.78, 5) is 18.6. The lowest BCUT2D eigenvalue weighted by Crippen LogP contribution is -2.08. The minimum atomic E-state index is -0.391. The number of fused-ring (bicyclic) bond motifs is 1. The number of carbonyl (C=O) groups excluding carboxylic acids is 1. The number of esters is 1. The molecule has 3 aromatic rings. The van der Waals surface area contributed by atoms with E-state index in [1.807, 2.05) is 31.2 Å². The highest BCUT2D eigenvalue weighted by atomic mass is 16.5. The molecule has 0 saturated heterocycles. The van der Waals surface area contributed by atoms with Gasteiger partial charge < -0.3 is 9.72 Å². The lowest BCUT2D eigenvalue weighted by atomic mass is 10.3. The summed E-state index contributed by atoms with van der Waals surface area (Å²) in [5.74, 6) is 0.479. The van der Waals surface area contributed by atoms with Crippen LogP contribution in [0.2, 0.25) is 0 Å². The molecule has 0 aliphatic rings. The van der Waals surface area contributed by atoms with Crippen LogP contribution in [-0.2, 0) is 4.79 Å². The summed E-state index contributed by atoms with van der Waals surface area (Å²) in [6.07, 6.45) is 0. The maximum atomic E-state index is 11.1. The zero-order chi connectivity index (χ0) is 13.4. The van der Waals surface area contributed by atoms with Crippen molar-refractivity contribution >= 4 is 17.0 Å². The molecule has 0 aliphatic carbocycles. The number of para-hydroxylation sites is 2. The van der Waals surface area contributed by atoms with E-state index in [2.05, 4.69) is 15.1 Å². The number of aromatic nitrogens is 4. The molecular weight excluding hydrogens is 244 g/mol. The van der Waals surface area contributed by atoms with Crippen molar-refractivity contribution in [2.45, 2.75) is 13.8 Å². The number of hydrogen-bond acceptors (Lipinski definition) is 4. The molecular formula is C13H12N4O2. The highest BCUT2D eigenvalue weighted by Gasteiger charge is 2.13. The van der Waals surface area contributed by atoms with Gasteiger partial charge in [0.1, 0.15) is 0 Å². The Hall–Kier alpha value is -2.63. The Kier molecular flexibility index (Phi) is 2.56. The molecule has 0 spiro atoms. The maximum Gasteiger partial charge on any atom is 0.309 e. The highest BCUT2D eigenvalue weighted by molar-refractivity contribution is 5.76. The Labute approximate surface area is 109 Å². The zero-order valence-electron chi connectivity index (χ0n) is 10.5. The van der Waals surface area contributed by atoms with Gasteiger partial charge in [-0.15, -0.1) is 0 Å². The van der Waals surface area contributed by atoms with Gasteiger partial charge >= 0.3 is 5.97 Å². The van der Waals surface area contributed by atoms with Gasteiger partial charge in [0.05, 0.1) is 16.7 Å². The lowest BCUT2D eigenvalue weighted by Gasteiger charge is -2.02. The highest BCUT2D eigenvalue weighted by Crippen LogP contribution is 2.20. The monoisotopic (exact) mass is 256 g/mol. The first-order valence-electron chi connectivity index (χ1n) is 5.84. The molecule has 19 heavy (non-hydrogen) atoms. The summed E-state index contributed by atoms with van der Waals surface area (Å²) in [6.45, 7) is 3.18. The third-order valence-corrected chi connectivity index (χ3v) is 2.62. The molecule has 3 rings (SSSR count). The summed E-state index contributed by atoms with van der Waals surface area (Å²) in [6, 6.07) is 9.35. The average Bonchev–Trinajstić information content (AvgIpc) is 2.91. The largest absolute Gasteiger partial charge is 0.407 e. The van der Waals surface area contributed by atoms with Gasteiger partial charge in [-0.25, -0.2) is 4.98 Å². The van der Waals surface area contributed by atoms with Crippen molar-refractivity contribution in [3.63, 3.8) is 0 Å². The van der Waals surface area contributed by atoms with E-state index in [-0.39, 0.29) is 0 Å². The Morgan fingerprint density at radius 3 is 2.89 bits per heavy atom. The van der Waals surface area contributed by atoms with E-state index >= 15 is 0 Å². The molecule has 0 fully saturated rings. The van der Waals surface area contributed by atoms with Crippen LogP contribution in [0.5, 0.6) is 5.88 Å². The molecule has 0 amide bonds. The number of imidazole rings is 1. The molecule has 2 aromatic heterocycles. The van der Waals surface area contributed by atoms with Crippen LogP contribution in [-0.4, -0.2) is 25.7 Å². The van der Waals surface area contributed by atoms with Crippen LogP contribution < -0.4 is 4.74 Å². The first-order valence-corrected chi connectivity index (χ1v) is 5.84. The van der Waals surface area contributed by atoms with E-state index in [9.17, 15) is 4.79 Å². The number of nitrogens with one attached hydrogen (secondary N) is 1. The molecule has 0 unspecified atom stereocenters. The summed E-state index contributed by atoms with van der Waals surface area (Å²) in [7, 11) is 0. The molecule has 0 aliphatic heterocycles. The third kappa shape index (κ3) is 2.08. The van der Waals surface area contributed by atoms with Crippen LogP contribution >= 0.6 is 0 Å². The number of benzene rings is 1. The second-order valence-electron chi connectivity index (χ2n) is 4.21. The Morgan fingerprint density at radius 2 is 2.16 bits per heavy atom.